The van der Waals surface area contributed by atoms with Crippen molar-refractivity contribution in [2.24, 2.45) is 0 Å². The van der Waals surface area contributed by atoms with Gasteiger partial charge in [-0.15, -0.1) is 11.8 Å². The standard InChI is InChI=1S/C24H26Cl4N2O2S/c1-15(24(32)29-18-5-2-3-6-18)30(12-19-20(26)7-4-8-21(19)27)23(31)14-33-13-16-9-10-17(25)11-22(16)28/h4,7-11,15,18H,2-3,5-6,12-14H2,1H3,(H,29,32)/t15-/m1/s1. The van der Waals surface area contributed by atoms with E-state index in [1.54, 1.807) is 42.2 Å². The fraction of sp³-hybridized carbons (Fsp3) is 0.417. The Morgan fingerprint density at radius 1 is 1.06 bits per heavy atom. The number of hydrogen-bond donors (Lipinski definition) is 1. The van der Waals surface area contributed by atoms with Crippen LogP contribution in [0.25, 0.3) is 0 Å². The quantitative estimate of drug-likeness (QED) is 0.367. The Morgan fingerprint density at radius 3 is 2.36 bits per heavy atom. The Labute approximate surface area is 219 Å². The molecule has 178 valence electrons. The van der Waals surface area contributed by atoms with Gasteiger partial charge in [0, 0.05) is 44.0 Å². The Kier molecular flexibility index (Phi) is 10.1. The van der Waals surface area contributed by atoms with Crippen molar-refractivity contribution < 1.29 is 9.59 Å². The van der Waals surface area contributed by atoms with Crippen molar-refractivity contribution in [3.05, 3.63) is 67.6 Å². The number of thioether (sulfide) groups is 1. The average Bonchev–Trinajstić information content (AvgIpc) is 3.27. The van der Waals surface area contributed by atoms with Crippen molar-refractivity contribution in [1.29, 1.82) is 0 Å². The van der Waals surface area contributed by atoms with Gasteiger partial charge in [-0.1, -0.05) is 71.4 Å². The molecule has 3 rings (SSSR count). The minimum Gasteiger partial charge on any atom is -0.352 e. The second-order valence-corrected chi connectivity index (χ2v) is 10.8. The fourth-order valence-electron chi connectivity index (χ4n) is 3.80. The molecule has 0 radical (unpaired) electrons. The molecule has 0 heterocycles. The summed E-state index contributed by atoms with van der Waals surface area (Å²) in [4.78, 5) is 27.8. The first kappa shape index (κ1) is 26.5. The largest absolute Gasteiger partial charge is 0.352 e. The zero-order valence-electron chi connectivity index (χ0n) is 18.3. The summed E-state index contributed by atoms with van der Waals surface area (Å²) >= 11 is 26.4. The summed E-state index contributed by atoms with van der Waals surface area (Å²) in [5, 5.41) is 5.14. The summed E-state index contributed by atoms with van der Waals surface area (Å²) in [5.41, 5.74) is 1.52. The first-order valence-electron chi connectivity index (χ1n) is 10.8. The molecule has 33 heavy (non-hydrogen) atoms. The smallest absolute Gasteiger partial charge is 0.242 e. The van der Waals surface area contributed by atoms with Gasteiger partial charge in [-0.2, -0.15) is 0 Å². The van der Waals surface area contributed by atoms with Gasteiger partial charge in [0.15, 0.2) is 0 Å². The minimum atomic E-state index is -0.662. The second kappa shape index (κ2) is 12.6. The van der Waals surface area contributed by atoms with E-state index in [1.807, 2.05) is 6.07 Å². The van der Waals surface area contributed by atoms with Crippen LogP contribution in [0.3, 0.4) is 0 Å². The second-order valence-electron chi connectivity index (χ2n) is 8.12. The van der Waals surface area contributed by atoms with Crippen LogP contribution in [0.5, 0.6) is 0 Å². The molecule has 1 saturated carbocycles. The number of nitrogens with zero attached hydrogens (tertiary/aromatic N) is 1. The molecular formula is C24H26Cl4N2O2S. The zero-order valence-corrected chi connectivity index (χ0v) is 22.1. The maximum absolute atomic E-state index is 13.3. The van der Waals surface area contributed by atoms with Crippen molar-refractivity contribution in [2.75, 3.05) is 5.75 Å². The molecule has 1 fully saturated rings. The van der Waals surface area contributed by atoms with Crippen LogP contribution in [-0.4, -0.2) is 34.6 Å². The number of carbonyl (C=O) groups is 2. The van der Waals surface area contributed by atoms with E-state index in [1.165, 1.54) is 11.8 Å². The number of carbonyl (C=O) groups excluding carboxylic acids is 2. The summed E-state index contributed by atoms with van der Waals surface area (Å²) in [5.74, 6) is 0.395. The van der Waals surface area contributed by atoms with Gasteiger partial charge in [-0.25, -0.2) is 0 Å². The highest BCUT2D eigenvalue weighted by atomic mass is 35.5. The molecule has 2 aromatic carbocycles. The lowest BCUT2D eigenvalue weighted by atomic mass is 10.1. The molecule has 1 N–H and O–H groups in total. The summed E-state index contributed by atoms with van der Waals surface area (Å²) < 4.78 is 0. The first-order chi connectivity index (χ1) is 15.8. The van der Waals surface area contributed by atoms with Gasteiger partial charge in [0.2, 0.25) is 11.8 Å². The van der Waals surface area contributed by atoms with Gasteiger partial charge in [0.25, 0.3) is 0 Å². The molecule has 4 nitrogen and oxygen atoms in total. The van der Waals surface area contributed by atoms with E-state index >= 15 is 0 Å². The lowest BCUT2D eigenvalue weighted by Gasteiger charge is -2.30. The Bertz CT molecular complexity index is 978. The number of halogens is 4. The van der Waals surface area contributed by atoms with Crippen molar-refractivity contribution in [1.82, 2.24) is 10.2 Å². The highest BCUT2D eigenvalue weighted by Crippen LogP contribution is 2.28. The maximum atomic E-state index is 13.3. The molecule has 0 aliphatic heterocycles. The molecule has 9 heteroatoms. The van der Waals surface area contributed by atoms with E-state index in [2.05, 4.69) is 5.32 Å². The maximum Gasteiger partial charge on any atom is 0.242 e. The molecule has 1 aliphatic rings. The fourth-order valence-corrected chi connectivity index (χ4v) is 5.78. The third kappa shape index (κ3) is 7.43. The number of amides is 2. The normalized spacial score (nSPS) is 14.8. The molecule has 2 amide bonds. The molecule has 0 unspecified atom stereocenters. The van der Waals surface area contributed by atoms with Crippen LogP contribution in [0.4, 0.5) is 0 Å². The highest BCUT2D eigenvalue weighted by molar-refractivity contribution is 7.99. The van der Waals surface area contributed by atoms with Crippen LogP contribution < -0.4 is 5.32 Å². The van der Waals surface area contributed by atoms with Crippen LogP contribution in [0.1, 0.15) is 43.7 Å². The monoisotopic (exact) mass is 546 g/mol. The van der Waals surface area contributed by atoms with Crippen LogP contribution in [0, 0.1) is 0 Å². The summed E-state index contributed by atoms with van der Waals surface area (Å²) in [6.07, 6.45) is 4.17. The van der Waals surface area contributed by atoms with Crippen LogP contribution in [0.15, 0.2) is 36.4 Å². The SMILES string of the molecule is C[C@H](C(=O)NC1CCCC1)N(Cc1c(Cl)cccc1Cl)C(=O)CSCc1ccc(Cl)cc1Cl. The number of benzene rings is 2. The van der Waals surface area contributed by atoms with E-state index < -0.39 is 6.04 Å². The van der Waals surface area contributed by atoms with Gasteiger partial charge in [0.1, 0.15) is 6.04 Å². The number of hydrogen-bond acceptors (Lipinski definition) is 3. The predicted octanol–water partition coefficient (Wildman–Crippen LogP) is 7.01. The van der Waals surface area contributed by atoms with E-state index in [0.29, 0.717) is 31.4 Å². The van der Waals surface area contributed by atoms with Crippen molar-refractivity contribution in [2.45, 2.75) is 57.0 Å². The highest BCUT2D eigenvalue weighted by Gasteiger charge is 2.29. The number of nitrogens with one attached hydrogen (secondary N) is 1. The van der Waals surface area contributed by atoms with E-state index in [-0.39, 0.29) is 30.2 Å². The molecule has 0 spiro atoms. The Morgan fingerprint density at radius 2 is 1.73 bits per heavy atom. The summed E-state index contributed by atoms with van der Waals surface area (Å²) in [6.45, 7) is 1.90. The third-order valence-corrected chi connectivity index (χ3v) is 8.02. The average molecular weight is 548 g/mol. The van der Waals surface area contributed by atoms with E-state index in [4.69, 9.17) is 46.4 Å². The van der Waals surface area contributed by atoms with Crippen LogP contribution in [0.2, 0.25) is 20.1 Å². The van der Waals surface area contributed by atoms with Gasteiger partial charge < -0.3 is 10.2 Å². The molecule has 0 saturated heterocycles. The summed E-state index contributed by atoms with van der Waals surface area (Å²) in [7, 11) is 0. The molecular weight excluding hydrogens is 522 g/mol. The Balaban J connectivity index is 1.71. The van der Waals surface area contributed by atoms with Gasteiger partial charge >= 0.3 is 0 Å². The first-order valence-corrected chi connectivity index (χ1v) is 13.5. The molecule has 1 aliphatic carbocycles. The molecule has 2 aromatic rings. The van der Waals surface area contributed by atoms with Gasteiger partial charge in [-0.3, -0.25) is 9.59 Å². The van der Waals surface area contributed by atoms with E-state index in [9.17, 15) is 9.59 Å². The van der Waals surface area contributed by atoms with Crippen molar-refractivity contribution in [3.63, 3.8) is 0 Å². The lowest BCUT2D eigenvalue weighted by Crippen LogP contribution is -2.50. The van der Waals surface area contributed by atoms with Gasteiger partial charge in [0.05, 0.1) is 5.75 Å². The predicted molar refractivity (Wildman–Crippen MR) is 139 cm³/mol. The lowest BCUT2D eigenvalue weighted by molar-refractivity contribution is -0.138. The topological polar surface area (TPSA) is 49.4 Å². The molecule has 0 aromatic heterocycles. The van der Waals surface area contributed by atoms with Crippen molar-refractivity contribution in [3.8, 4) is 0 Å². The zero-order chi connectivity index (χ0) is 24.0. The Hall–Kier alpha value is -1.11. The van der Waals surface area contributed by atoms with Crippen molar-refractivity contribution >= 4 is 70.0 Å². The number of rotatable bonds is 9. The minimum absolute atomic E-state index is 0.152. The van der Waals surface area contributed by atoms with E-state index in [0.717, 1.165) is 31.2 Å². The van der Waals surface area contributed by atoms with Gasteiger partial charge in [-0.05, 0) is 49.6 Å². The summed E-state index contributed by atoms with van der Waals surface area (Å²) in [6, 6.07) is 10.0. The molecule has 1 atom stereocenters. The third-order valence-electron chi connectivity index (χ3n) is 5.76. The van der Waals surface area contributed by atoms with Crippen LogP contribution >= 0.6 is 58.2 Å². The van der Waals surface area contributed by atoms with Crippen LogP contribution in [-0.2, 0) is 21.9 Å². The molecule has 0 bridgehead atoms.